The van der Waals surface area contributed by atoms with Crippen LogP contribution in [0, 0.1) is 17.8 Å². The zero-order valence-electron chi connectivity index (χ0n) is 14.8. The molecule has 3 unspecified atom stereocenters. The molecule has 120 valence electrons. The maximum absolute atomic E-state index is 2.82. The Kier molecular flexibility index (Phi) is 8.84. The topological polar surface area (TPSA) is 3.24 Å². The molecule has 20 heavy (non-hydrogen) atoms. The summed E-state index contributed by atoms with van der Waals surface area (Å²) < 4.78 is 0. The number of hydrogen-bond donors (Lipinski definition) is 0. The Morgan fingerprint density at radius 1 is 1.00 bits per heavy atom. The van der Waals surface area contributed by atoms with Crippen LogP contribution in [-0.2, 0) is 0 Å². The van der Waals surface area contributed by atoms with Gasteiger partial charge in [-0.05, 0) is 62.9 Å². The summed E-state index contributed by atoms with van der Waals surface area (Å²) in [7, 11) is 0. The van der Waals surface area contributed by atoms with Crippen LogP contribution in [0.25, 0.3) is 0 Å². The van der Waals surface area contributed by atoms with Crippen molar-refractivity contribution < 1.29 is 0 Å². The number of hydrogen-bond acceptors (Lipinski definition) is 1. The summed E-state index contributed by atoms with van der Waals surface area (Å²) in [5.74, 6) is 2.74. The lowest BCUT2D eigenvalue weighted by Crippen LogP contribution is -2.38. The third-order valence-corrected chi connectivity index (χ3v) is 5.42. The van der Waals surface area contributed by atoms with Crippen LogP contribution in [-0.4, -0.2) is 24.0 Å². The molecule has 0 aromatic rings. The standard InChI is InChI=1S/C19H39N/c1-6-10-18(16(3)4)12-9-15-20(14-7-2)19-13-8-11-17(19)5/h16-19H,6-15H2,1-5H3. The quantitative estimate of drug-likeness (QED) is 0.493. The largest absolute Gasteiger partial charge is 0.300 e. The van der Waals surface area contributed by atoms with Gasteiger partial charge in [-0.1, -0.05) is 53.9 Å². The van der Waals surface area contributed by atoms with Crippen LogP contribution < -0.4 is 0 Å². The van der Waals surface area contributed by atoms with Crippen molar-refractivity contribution in [2.24, 2.45) is 17.8 Å². The van der Waals surface area contributed by atoms with Gasteiger partial charge in [-0.2, -0.15) is 0 Å². The van der Waals surface area contributed by atoms with Crippen LogP contribution in [0.2, 0.25) is 0 Å². The molecule has 1 aliphatic rings. The Balaban J connectivity index is 2.38. The van der Waals surface area contributed by atoms with Crippen LogP contribution in [0.1, 0.15) is 86.0 Å². The van der Waals surface area contributed by atoms with Gasteiger partial charge in [0, 0.05) is 6.04 Å². The van der Waals surface area contributed by atoms with Crippen LogP contribution in [0.4, 0.5) is 0 Å². The van der Waals surface area contributed by atoms with Gasteiger partial charge in [0.2, 0.25) is 0 Å². The fraction of sp³-hybridized carbons (Fsp3) is 1.00. The van der Waals surface area contributed by atoms with Crippen molar-refractivity contribution in [1.29, 1.82) is 0 Å². The van der Waals surface area contributed by atoms with Crippen molar-refractivity contribution in [2.45, 2.75) is 92.0 Å². The van der Waals surface area contributed by atoms with E-state index in [0.717, 1.165) is 23.8 Å². The van der Waals surface area contributed by atoms with Gasteiger partial charge in [0.25, 0.3) is 0 Å². The van der Waals surface area contributed by atoms with Gasteiger partial charge in [0.05, 0.1) is 0 Å². The summed E-state index contributed by atoms with van der Waals surface area (Å²) in [5, 5.41) is 0. The Labute approximate surface area is 128 Å². The molecule has 0 radical (unpaired) electrons. The second kappa shape index (κ2) is 9.82. The van der Waals surface area contributed by atoms with Gasteiger partial charge in [0.1, 0.15) is 0 Å². The van der Waals surface area contributed by atoms with Crippen molar-refractivity contribution in [3.05, 3.63) is 0 Å². The van der Waals surface area contributed by atoms with E-state index in [1.54, 1.807) is 0 Å². The highest BCUT2D eigenvalue weighted by Gasteiger charge is 2.28. The second-order valence-electron chi connectivity index (χ2n) is 7.45. The highest BCUT2D eigenvalue weighted by molar-refractivity contribution is 4.83. The van der Waals surface area contributed by atoms with Gasteiger partial charge in [-0.15, -0.1) is 0 Å². The molecule has 1 saturated carbocycles. The normalized spacial score (nSPS) is 24.8. The van der Waals surface area contributed by atoms with E-state index >= 15 is 0 Å². The molecule has 1 aliphatic carbocycles. The second-order valence-corrected chi connectivity index (χ2v) is 7.45. The van der Waals surface area contributed by atoms with Crippen molar-refractivity contribution in [3.8, 4) is 0 Å². The molecule has 1 rings (SSSR count). The van der Waals surface area contributed by atoms with E-state index in [4.69, 9.17) is 0 Å². The summed E-state index contributed by atoms with van der Waals surface area (Å²) in [5.41, 5.74) is 0. The Hall–Kier alpha value is -0.0400. The molecule has 0 N–H and O–H groups in total. The first-order valence-corrected chi connectivity index (χ1v) is 9.34. The highest BCUT2D eigenvalue weighted by atomic mass is 15.2. The third kappa shape index (κ3) is 5.76. The van der Waals surface area contributed by atoms with Gasteiger partial charge < -0.3 is 4.90 Å². The van der Waals surface area contributed by atoms with Crippen molar-refractivity contribution in [2.75, 3.05) is 13.1 Å². The molecule has 1 heteroatoms. The average Bonchev–Trinajstić information content (AvgIpc) is 2.82. The minimum atomic E-state index is 0.861. The molecular formula is C19H39N. The Morgan fingerprint density at radius 2 is 1.75 bits per heavy atom. The molecule has 3 atom stereocenters. The van der Waals surface area contributed by atoms with Crippen LogP contribution in [0.5, 0.6) is 0 Å². The maximum atomic E-state index is 2.82. The predicted octanol–water partition coefficient (Wildman–Crippen LogP) is 5.74. The lowest BCUT2D eigenvalue weighted by atomic mass is 9.87. The molecule has 0 aromatic carbocycles. The first-order chi connectivity index (χ1) is 9.60. The molecule has 0 aliphatic heterocycles. The van der Waals surface area contributed by atoms with Crippen LogP contribution >= 0.6 is 0 Å². The summed E-state index contributed by atoms with van der Waals surface area (Å²) in [6, 6.07) is 0.888. The van der Waals surface area contributed by atoms with Crippen molar-refractivity contribution in [1.82, 2.24) is 4.90 Å². The molecule has 0 heterocycles. The SMILES string of the molecule is CCCC(CCCN(CCC)C1CCCC1C)C(C)C. The maximum Gasteiger partial charge on any atom is 0.0121 e. The summed E-state index contributed by atoms with van der Waals surface area (Å²) in [6.07, 6.45) is 11.3. The average molecular weight is 282 g/mol. The first-order valence-electron chi connectivity index (χ1n) is 9.34. The summed E-state index contributed by atoms with van der Waals surface area (Å²) in [4.78, 5) is 2.82. The van der Waals surface area contributed by atoms with E-state index in [1.807, 2.05) is 0 Å². The third-order valence-electron chi connectivity index (χ3n) is 5.42. The summed E-state index contributed by atoms with van der Waals surface area (Å²) >= 11 is 0. The highest BCUT2D eigenvalue weighted by Crippen LogP contribution is 2.30. The van der Waals surface area contributed by atoms with Gasteiger partial charge in [-0.3, -0.25) is 0 Å². The van der Waals surface area contributed by atoms with Crippen LogP contribution in [0.15, 0.2) is 0 Å². The minimum absolute atomic E-state index is 0.861. The van der Waals surface area contributed by atoms with E-state index in [1.165, 1.54) is 64.5 Å². The lowest BCUT2D eigenvalue weighted by molar-refractivity contribution is 0.157. The Bertz CT molecular complexity index is 236. The summed E-state index contributed by atoms with van der Waals surface area (Å²) in [6.45, 7) is 14.6. The molecule has 0 spiro atoms. The number of rotatable bonds is 10. The van der Waals surface area contributed by atoms with Gasteiger partial charge >= 0.3 is 0 Å². The molecule has 0 saturated heterocycles. The van der Waals surface area contributed by atoms with E-state index in [9.17, 15) is 0 Å². The van der Waals surface area contributed by atoms with E-state index < -0.39 is 0 Å². The monoisotopic (exact) mass is 281 g/mol. The zero-order chi connectivity index (χ0) is 15.0. The molecular weight excluding hydrogens is 242 g/mol. The first kappa shape index (κ1) is 18.0. The van der Waals surface area contributed by atoms with Gasteiger partial charge in [-0.25, -0.2) is 0 Å². The van der Waals surface area contributed by atoms with Crippen molar-refractivity contribution in [3.63, 3.8) is 0 Å². The predicted molar refractivity (Wildman–Crippen MR) is 91.1 cm³/mol. The van der Waals surface area contributed by atoms with E-state index in [0.29, 0.717) is 0 Å². The Morgan fingerprint density at radius 3 is 2.25 bits per heavy atom. The molecule has 0 amide bonds. The molecule has 1 fully saturated rings. The fourth-order valence-corrected chi connectivity index (χ4v) is 4.14. The van der Waals surface area contributed by atoms with E-state index in [2.05, 4.69) is 39.5 Å². The zero-order valence-corrected chi connectivity index (χ0v) is 14.8. The smallest absolute Gasteiger partial charge is 0.0121 e. The minimum Gasteiger partial charge on any atom is -0.300 e. The fourth-order valence-electron chi connectivity index (χ4n) is 4.14. The molecule has 0 aromatic heterocycles. The molecule has 1 nitrogen and oxygen atoms in total. The van der Waals surface area contributed by atoms with Crippen LogP contribution in [0.3, 0.4) is 0 Å². The van der Waals surface area contributed by atoms with Gasteiger partial charge in [0.15, 0.2) is 0 Å². The number of nitrogens with zero attached hydrogens (tertiary/aromatic N) is 1. The lowest BCUT2D eigenvalue weighted by Gasteiger charge is -2.32. The van der Waals surface area contributed by atoms with Crippen molar-refractivity contribution >= 4 is 0 Å². The molecule has 0 bridgehead atoms. The van der Waals surface area contributed by atoms with E-state index in [-0.39, 0.29) is 0 Å².